The van der Waals surface area contributed by atoms with E-state index in [0.717, 1.165) is 31.5 Å². The fourth-order valence-electron chi connectivity index (χ4n) is 3.11. The van der Waals surface area contributed by atoms with E-state index in [1.807, 2.05) is 36.4 Å². The number of thiocarbonyl (C=S) groups is 1. The Balaban J connectivity index is 1.46. The van der Waals surface area contributed by atoms with Gasteiger partial charge in [-0.1, -0.05) is 48.2 Å². The highest BCUT2D eigenvalue weighted by Gasteiger charge is 2.33. The Morgan fingerprint density at radius 2 is 1.82 bits per heavy atom. The molecule has 34 heavy (non-hydrogen) atoms. The van der Waals surface area contributed by atoms with E-state index in [0.29, 0.717) is 28.6 Å². The number of thioether (sulfide) groups is 1. The minimum absolute atomic E-state index is 0.255. The second kappa shape index (κ2) is 11.0. The standard InChI is InChI=1S/C25H19IN2O4S2/c1-31-21-13-17(9-12-20(21)32-15-16-7-10-19(26)11-8-16)14-22-24(30)28(25(33)34-22)27-23(29)18-5-3-2-4-6-18/h2-14H,15H2,1H3,(H,27,29)/b22-14-. The van der Waals surface area contributed by atoms with Gasteiger partial charge in [0.2, 0.25) is 0 Å². The Kier molecular flexibility index (Phi) is 7.86. The van der Waals surface area contributed by atoms with Crippen LogP contribution >= 0.6 is 46.6 Å². The Morgan fingerprint density at radius 3 is 2.53 bits per heavy atom. The number of nitrogens with zero attached hydrogens (tertiary/aromatic N) is 1. The quantitative estimate of drug-likeness (QED) is 0.221. The summed E-state index contributed by atoms with van der Waals surface area (Å²) in [5, 5.41) is 1.09. The van der Waals surface area contributed by atoms with Crippen LogP contribution in [0.2, 0.25) is 0 Å². The van der Waals surface area contributed by atoms with Gasteiger partial charge in [0.1, 0.15) is 6.61 Å². The van der Waals surface area contributed by atoms with Gasteiger partial charge in [0.05, 0.1) is 12.0 Å². The van der Waals surface area contributed by atoms with E-state index in [1.165, 1.54) is 0 Å². The molecule has 0 spiro atoms. The predicted octanol–water partition coefficient (Wildman–Crippen LogP) is 5.43. The van der Waals surface area contributed by atoms with Crippen molar-refractivity contribution in [1.82, 2.24) is 10.4 Å². The van der Waals surface area contributed by atoms with Crippen molar-refractivity contribution < 1.29 is 19.1 Å². The lowest BCUT2D eigenvalue weighted by molar-refractivity contribution is -0.123. The van der Waals surface area contributed by atoms with Crippen molar-refractivity contribution in [3.8, 4) is 11.5 Å². The Labute approximate surface area is 220 Å². The fourth-order valence-corrected chi connectivity index (χ4v) is 4.65. The second-order valence-electron chi connectivity index (χ2n) is 7.15. The number of halogens is 1. The molecule has 0 saturated carbocycles. The van der Waals surface area contributed by atoms with E-state index in [-0.39, 0.29) is 4.32 Å². The molecule has 0 unspecified atom stereocenters. The van der Waals surface area contributed by atoms with E-state index in [1.54, 1.807) is 49.6 Å². The van der Waals surface area contributed by atoms with E-state index >= 15 is 0 Å². The van der Waals surface area contributed by atoms with Crippen LogP contribution in [0.15, 0.2) is 77.7 Å². The van der Waals surface area contributed by atoms with Crippen molar-refractivity contribution in [1.29, 1.82) is 0 Å². The molecule has 1 aliphatic heterocycles. The van der Waals surface area contributed by atoms with Crippen LogP contribution in [0.5, 0.6) is 11.5 Å². The Hall–Kier alpha value is -2.89. The van der Waals surface area contributed by atoms with Crippen LogP contribution in [-0.2, 0) is 11.4 Å². The second-order valence-corrected chi connectivity index (χ2v) is 10.1. The van der Waals surface area contributed by atoms with Crippen molar-refractivity contribution in [2.24, 2.45) is 0 Å². The summed E-state index contributed by atoms with van der Waals surface area (Å²) >= 11 is 8.69. The number of ether oxygens (including phenoxy) is 2. The molecular weight excluding hydrogens is 583 g/mol. The molecule has 0 bridgehead atoms. The topological polar surface area (TPSA) is 67.9 Å². The van der Waals surface area contributed by atoms with Crippen molar-refractivity contribution in [3.63, 3.8) is 0 Å². The monoisotopic (exact) mass is 602 g/mol. The maximum Gasteiger partial charge on any atom is 0.285 e. The van der Waals surface area contributed by atoms with Crippen LogP contribution in [-0.4, -0.2) is 28.3 Å². The van der Waals surface area contributed by atoms with E-state index < -0.39 is 11.8 Å². The number of hydrogen-bond donors (Lipinski definition) is 1. The SMILES string of the molecule is COc1cc(/C=C2\SC(=S)N(NC(=O)c3ccccc3)C2=O)ccc1OCc1ccc(I)cc1. The normalized spacial score (nSPS) is 14.4. The molecule has 0 aromatic heterocycles. The summed E-state index contributed by atoms with van der Waals surface area (Å²) in [5.41, 5.74) is 4.80. The van der Waals surface area contributed by atoms with E-state index in [2.05, 4.69) is 28.0 Å². The number of carbonyl (C=O) groups excluding carboxylic acids is 2. The molecule has 9 heteroatoms. The van der Waals surface area contributed by atoms with Crippen molar-refractivity contribution in [3.05, 3.63) is 98.0 Å². The molecule has 172 valence electrons. The van der Waals surface area contributed by atoms with E-state index in [9.17, 15) is 9.59 Å². The van der Waals surface area contributed by atoms with Crippen molar-refractivity contribution >= 4 is 68.8 Å². The first-order valence-corrected chi connectivity index (χ1v) is 12.4. The number of benzene rings is 3. The van der Waals surface area contributed by atoms with Crippen molar-refractivity contribution in [2.75, 3.05) is 7.11 Å². The maximum absolute atomic E-state index is 12.9. The summed E-state index contributed by atoms with van der Waals surface area (Å²) in [7, 11) is 1.56. The number of rotatable bonds is 7. The summed E-state index contributed by atoms with van der Waals surface area (Å²) in [4.78, 5) is 25.7. The molecule has 3 aromatic rings. The molecule has 1 fully saturated rings. The summed E-state index contributed by atoms with van der Waals surface area (Å²) < 4.78 is 12.8. The molecule has 1 saturated heterocycles. The van der Waals surface area contributed by atoms with Gasteiger partial charge >= 0.3 is 0 Å². The van der Waals surface area contributed by atoms with Crippen LogP contribution in [0, 0.1) is 3.57 Å². The molecule has 3 aromatic carbocycles. The lowest BCUT2D eigenvalue weighted by atomic mass is 10.2. The summed E-state index contributed by atoms with van der Waals surface area (Å²) in [5.74, 6) is 0.347. The first kappa shape index (κ1) is 24.2. The Morgan fingerprint density at radius 1 is 1.09 bits per heavy atom. The number of hydrazine groups is 1. The third kappa shape index (κ3) is 5.78. The molecule has 6 nitrogen and oxygen atoms in total. The highest BCUT2D eigenvalue weighted by Crippen LogP contribution is 2.34. The highest BCUT2D eigenvalue weighted by molar-refractivity contribution is 14.1. The maximum atomic E-state index is 12.9. The third-order valence-corrected chi connectivity index (χ3v) is 6.86. The van der Waals surface area contributed by atoms with Crippen LogP contribution < -0.4 is 14.9 Å². The van der Waals surface area contributed by atoms with Gasteiger partial charge in [0, 0.05) is 9.13 Å². The molecule has 0 radical (unpaired) electrons. The largest absolute Gasteiger partial charge is 0.493 e. The number of hydrogen-bond acceptors (Lipinski definition) is 6. The highest BCUT2D eigenvalue weighted by atomic mass is 127. The molecule has 0 aliphatic carbocycles. The zero-order valence-electron chi connectivity index (χ0n) is 18.0. The first-order valence-electron chi connectivity index (χ1n) is 10.1. The number of methoxy groups -OCH3 is 1. The van der Waals surface area contributed by atoms with Gasteiger partial charge in [-0.15, -0.1) is 0 Å². The first-order chi connectivity index (χ1) is 16.4. The van der Waals surface area contributed by atoms with Crippen LogP contribution in [0.1, 0.15) is 21.5 Å². The molecule has 2 amide bonds. The molecule has 4 rings (SSSR count). The van der Waals surface area contributed by atoms with Gasteiger partial charge in [0.15, 0.2) is 15.8 Å². The lowest BCUT2D eigenvalue weighted by Gasteiger charge is -2.15. The third-order valence-electron chi connectivity index (χ3n) is 4.84. The summed E-state index contributed by atoms with van der Waals surface area (Å²) in [6.07, 6.45) is 1.71. The lowest BCUT2D eigenvalue weighted by Crippen LogP contribution is -2.44. The van der Waals surface area contributed by atoms with Gasteiger partial charge in [-0.2, -0.15) is 5.01 Å². The average Bonchev–Trinajstić information content (AvgIpc) is 3.11. The van der Waals surface area contributed by atoms with Crippen LogP contribution in [0.4, 0.5) is 0 Å². The van der Waals surface area contributed by atoms with E-state index in [4.69, 9.17) is 21.7 Å². The zero-order chi connectivity index (χ0) is 24.1. The molecule has 1 N–H and O–H groups in total. The van der Waals surface area contributed by atoms with Crippen LogP contribution in [0.25, 0.3) is 6.08 Å². The Bertz CT molecular complexity index is 1260. The number of amides is 2. The summed E-state index contributed by atoms with van der Waals surface area (Å²) in [6, 6.07) is 22.1. The fraction of sp³-hybridized carbons (Fsp3) is 0.0800. The van der Waals surface area contributed by atoms with Gasteiger partial charge < -0.3 is 9.47 Å². The number of carbonyl (C=O) groups is 2. The smallest absolute Gasteiger partial charge is 0.285 e. The molecule has 1 aliphatic rings. The average molecular weight is 602 g/mol. The van der Waals surface area contributed by atoms with Gasteiger partial charge in [-0.3, -0.25) is 15.0 Å². The molecule has 0 atom stereocenters. The minimum Gasteiger partial charge on any atom is -0.493 e. The van der Waals surface area contributed by atoms with Crippen LogP contribution in [0.3, 0.4) is 0 Å². The van der Waals surface area contributed by atoms with Gasteiger partial charge in [-0.05, 0) is 88.4 Å². The number of nitrogens with one attached hydrogen (secondary N) is 1. The van der Waals surface area contributed by atoms with Gasteiger partial charge in [-0.25, -0.2) is 0 Å². The predicted molar refractivity (Wildman–Crippen MR) is 145 cm³/mol. The minimum atomic E-state index is -0.408. The van der Waals surface area contributed by atoms with Crippen molar-refractivity contribution in [2.45, 2.75) is 6.61 Å². The zero-order valence-corrected chi connectivity index (χ0v) is 21.8. The van der Waals surface area contributed by atoms with Gasteiger partial charge in [0.25, 0.3) is 11.8 Å². The summed E-state index contributed by atoms with van der Waals surface area (Å²) in [6.45, 7) is 0.409. The molecular formula is C25H19IN2O4S2. The molecule has 1 heterocycles.